The highest BCUT2D eigenvalue weighted by atomic mass is 16.7. The highest BCUT2D eigenvalue weighted by Crippen LogP contribution is 2.28. The molecule has 1 saturated carbocycles. The van der Waals surface area contributed by atoms with Crippen molar-refractivity contribution in [2.75, 3.05) is 0 Å². The minimum Gasteiger partial charge on any atom is -0.444 e. The molecule has 0 aromatic heterocycles. The Hall–Kier alpha value is -1.37. The molecule has 0 saturated heterocycles. The zero-order chi connectivity index (χ0) is 16.8. The SMILES string of the molecule is CC(C)(C)OC(=O)N[C@@H](CC1CCCCC1)CC(O)[N+](=O)[O-]. The number of aliphatic hydroxyl groups excluding tert-OH is 1. The minimum atomic E-state index is -1.66. The molecule has 1 fully saturated rings. The lowest BCUT2D eigenvalue weighted by Gasteiger charge is -2.28. The second-order valence-corrected chi connectivity index (χ2v) is 7.08. The molecule has 0 radical (unpaired) electrons. The summed E-state index contributed by atoms with van der Waals surface area (Å²) in [5, 5.41) is 22.8. The summed E-state index contributed by atoms with van der Waals surface area (Å²) >= 11 is 0. The van der Waals surface area contributed by atoms with Crippen molar-refractivity contribution in [1.29, 1.82) is 0 Å². The highest BCUT2D eigenvalue weighted by Gasteiger charge is 2.28. The Morgan fingerprint density at radius 1 is 1.36 bits per heavy atom. The second kappa shape index (κ2) is 8.31. The van der Waals surface area contributed by atoms with Crippen LogP contribution in [0.15, 0.2) is 0 Å². The molecule has 1 aliphatic carbocycles. The van der Waals surface area contributed by atoms with Crippen molar-refractivity contribution in [2.45, 2.75) is 83.6 Å². The van der Waals surface area contributed by atoms with Crippen LogP contribution in [0.1, 0.15) is 65.7 Å². The van der Waals surface area contributed by atoms with E-state index in [9.17, 15) is 20.0 Å². The topological polar surface area (TPSA) is 102 Å². The van der Waals surface area contributed by atoms with Gasteiger partial charge in [0.25, 0.3) is 0 Å². The molecular formula is C15H28N2O5. The first-order chi connectivity index (χ1) is 10.2. The number of amides is 1. The average molecular weight is 316 g/mol. The number of rotatable bonds is 6. The number of carbonyl (C=O) groups is 1. The molecule has 0 heterocycles. The fourth-order valence-corrected chi connectivity index (χ4v) is 2.85. The number of nitro groups is 1. The Morgan fingerprint density at radius 3 is 2.45 bits per heavy atom. The van der Waals surface area contributed by atoms with E-state index in [4.69, 9.17) is 4.74 Å². The second-order valence-electron chi connectivity index (χ2n) is 7.08. The molecule has 2 N–H and O–H groups in total. The number of hydrogen-bond donors (Lipinski definition) is 2. The van der Waals surface area contributed by atoms with Crippen LogP contribution in [0.3, 0.4) is 0 Å². The molecule has 0 bridgehead atoms. The minimum absolute atomic E-state index is 0.0945. The summed E-state index contributed by atoms with van der Waals surface area (Å²) in [6.45, 7) is 5.28. The van der Waals surface area contributed by atoms with Gasteiger partial charge < -0.3 is 15.2 Å². The first kappa shape index (κ1) is 18.7. The molecule has 2 atom stereocenters. The normalized spacial score (nSPS) is 19.3. The van der Waals surface area contributed by atoms with Crippen molar-refractivity contribution < 1.29 is 19.6 Å². The van der Waals surface area contributed by atoms with Crippen molar-refractivity contribution in [3.05, 3.63) is 10.1 Å². The zero-order valence-corrected chi connectivity index (χ0v) is 13.7. The standard InChI is InChI=1S/C15H28N2O5/c1-15(2,3)22-14(19)16-12(10-13(18)17(20)21)9-11-7-5-4-6-8-11/h11-13,18H,4-10H2,1-3H3,(H,16,19)/t12-,13?/m0/s1. The molecule has 7 nitrogen and oxygen atoms in total. The van der Waals surface area contributed by atoms with Gasteiger partial charge in [0.2, 0.25) is 0 Å². The molecule has 0 aliphatic heterocycles. The van der Waals surface area contributed by atoms with Gasteiger partial charge in [-0.3, -0.25) is 10.1 Å². The predicted octanol–water partition coefficient (Wildman–Crippen LogP) is 2.84. The Bertz CT molecular complexity index is 375. The summed E-state index contributed by atoms with van der Waals surface area (Å²) < 4.78 is 5.20. The molecule has 0 spiro atoms. The van der Waals surface area contributed by atoms with Crippen LogP contribution >= 0.6 is 0 Å². The molecule has 1 unspecified atom stereocenters. The van der Waals surface area contributed by atoms with Gasteiger partial charge in [-0.2, -0.15) is 0 Å². The number of aliphatic hydroxyl groups is 1. The largest absolute Gasteiger partial charge is 0.444 e. The summed E-state index contributed by atoms with van der Waals surface area (Å²) in [7, 11) is 0. The van der Waals surface area contributed by atoms with Crippen molar-refractivity contribution in [1.82, 2.24) is 5.32 Å². The van der Waals surface area contributed by atoms with Gasteiger partial charge in [-0.1, -0.05) is 32.1 Å². The molecule has 1 amide bonds. The van der Waals surface area contributed by atoms with E-state index in [1.54, 1.807) is 20.8 Å². The summed E-state index contributed by atoms with van der Waals surface area (Å²) in [4.78, 5) is 21.8. The fraction of sp³-hybridized carbons (Fsp3) is 0.933. The van der Waals surface area contributed by atoms with Gasteiger partial charge in [-0.25, -0.2) is 4.79 Å². The van der Waals surface area contributed by atoms with Gasteiger partial charge in [0.05, 0.1) is 11.3 Å². The monoisotopic (exact) mass is 316 g/mol. The van der Waals surface area contributed by atoms with Gasteiger partial charge in [0.15, 0.2) is 0 Å². The Kier molecular flexibility index (Phi) is 7.06. The molecule has 128 valence electrons. The van der Waals surface area contributed by atoms with Gasteiger partial charge in [0, 0.05) is 6.04 Å². The van der Waals surface area contributed by atoms with E-state index in [0.29, 0.717) is 12.3 Å². The number of nitrogens with zero attached hydrogens (tertiary/aromatic N) is 1. The third-order valence-corrected chi connectivity index (χ3v) is 3.80. The maximum atomic E-state index is 11.9. The number of nitrogens with one attached hydrogen (secondary N) is 1. The Labute approximate surface area is 131 Å². The fourth-order valence-electron chi connectivity index (χ4n) is 2.85. The van der Waals surface area contributed by atoms with Crippen molar-refractivity contribution in [2.24, 2.45) is 5.92 Å². The van der Waals surface area contributed by atoms with Crippen LogP contribution in [0.25, 0.3) is 0 Å². The number of ether oxygens (including phenoxy) is 1. The Balaban J connectivity index is 2.59. The number of carbonyl (C=O) groups excluding carboxylic acids is 1. The average Bonchev–Trinajstić information content (AvgIpc) is 2.37. The van der Waals surface area contributed by atoms with Gasteiger partial charge in [-0.15, -0.1) is 0 Å². The molecule has 7 heteroatoms. The lowest BCUT2D eigenvalue weighted by molar-refractivity contribution is -0.571. The van der Waals surface area contributed by atoms with E-state index in [0.717, 1.165) is 25.7 Å². The van der Waals surface area contributed by atoms with Crippen molar-refractivity contribution in [3.63, 3.8) is 0 Å². The van der Waals surface area contributed by atoms with E-state index in [1.165, 1.54) is 6.42 Å². The summed E-state index contributed by atoms with van der Waals surface area (Å²) in [5.41, 5.74) is -0.624. The van der Waals surface area contributed by atoms with E-state index in [-0.39, 0.29) is 6.42 Å². The van der Waals surface area contributed by atoms with Crippen LogP contribution in [-0.4, -0.2) is 34.0 Å². The highest BCUT2D eigenvalue weighted by molar-refractivity contribution is 5.68. The van der Waals surface area contributed by atoms with Crippen LogP contribution in [-0.2, 0) is 4.74 Å². The molecular weight excluding hydrogens is 288 g/mol. The lowest BCUT2D eigenvalue weighted by Crippen LogP contribution is -2.43. The molecule has 0 aromatic carbocycles. The summed E-state index contributed by atoms with van der Waals surface area (Å²) in [5.74, 6) is 0.438. The third-order valence-electron chi connectivity index (χ3n) is 3.80. The maximum Gasteiger partial charge on any atom is 0.407 e. The zero-order valence-electron chi connectivity index (χ0n) is 13.7. The lowest BCUT2D eigenvalue weighted by atomic mass is 9.84. The van der Waals surface area contributed by atoms with Gasteiger partial charge in [0.1, 0.15) is 5.60 Å². The molecule has 22 heavy (non-hydrogen) atoms. The van der Waals surface area contributed by atoms with Gasteiger partial charge in [-0.05, 0) is 33.1 Å². The van der Waals surface area contributed by atoms with E-state index in [1.807, 2.05) is 0 Å². The van der Waals surface area contributed by atoms with E-state index >= 15 is 0 Å². The third kappa shape index (κ3) is 7.59. The van der Waals surface area contributed by atoms with Crippen LogP contribution in [0.5, 0.6) is 0 Å². The first-order valence-corrected chi connectivity index (χ1v) is 7.98. The van der Waals surface area contributed by atoms with Crippen LogP contribution in [0, 0.1) is 16.0 Å². The van der Waals surface area contributed by atoms with E-state index in [2.05, 4.69) is 5.32 Å². The van der Waals surface area contributed by atoms with E-state index < -0.39 is 28.9 Å². The van der Waals surface area contributed by atoms with Crippen LogP contribution in [0.2, 0.25) is 0 Å². The maximum absolute atomic E-state index is 11.9. The number of alkyl carbamates (subject to hydrolysis) is 1. The number of hydrogen-bond acceptors (Lipinski definition) is 5. The summed E-state index contributed by atoms with van der Waals surface area (Å²) in [6.07, 6.45) is 3.96. The molecule has 1 rings (SSSR count). The van der Waals surface area contributed by atoms with Gasteiger partial charge >= 0.3 is 12.3 Å². The van der Waals surface area contributed by atoms with Crippen LogP contribution in [0.4, 0.5) is 4.79 Å². The smallest absolute Gasteiger partial charge is 0.407 e. The summed E-state index contributed by atoms with van der Waals surface area (Å²) in [6, 6.07) is -0.446. The predicted molar refractivity (Wildman–Crippen MR) is 82.0 cm³/mol. The Morgan fingerprint density at radius 2 is 1.95 bits per heavy atom. The van der Waals surface area contributed by atoms with Crippen molar-refractivity contribution >= 4 is 6.09 Å². The molecule has 0 aromatic rings. The first-order valence-electron chi connectivity index (χ1n) is 7.98. The quantitative estimate of drug-likeness (QED) is 0.445. The van der Waals surface area contributed by atoms with Crippen LogP contribution < -0.4 is 5.32 Å². The molecule has 1 aliphatic rings. The van der Waals surface area contributed by atoms with Crippen molar-refractivity contribution in [3.8, 4) is 0 Å².